The van der Waals surface area contributed by atoms with Crippen molar-refractivity contribution in [2.75, 3.05) is 11.5 Å². The van der Waals surface area contributed by atoms with Gasteiger partial charge in [0.2, 0.25) is 0 Å². The van der Waals surface area contributed by atoms with E-state index in [4.69, 9.17) is 0 Å². The minimum atomic E-state index is -0.769. The third kappa shape index (κ3) is 2.22. The van der Waals surface area contributed by atoms with Gasteiger partial charge >= 0.3 is 0 Å². The summed E-state index contributed by atoms with van der Waals surface area (Å²) in [5.74, 6) is 0.916. The number of hydrogen-bond acceptors (Lipinski definition) is 2. The molecule has 0 unspecified atom stereocenters. The number of rotatable bonds is 3. The van der Waals surface area contributed by atoms with Crippen LogP contribution < -0.4 is 0 Å². The van der Waals surface area contributed by atoms with Gasteiger partial charge in [-0.25, -0.2) is 0 Å². The van der Waals surface area contributed by atoms with Crippen LogP contribution in [0.1, 0.15) is 12.0 Å². The topological polar surface area (TPSA) is 37.3 Å². The fourth-order valence-corrected chi connectivity index (χ4v) is 3.13. The van der Waals surface area contributed by atoms with E-state index in [2.05, 4.69) is 12.1 Å². The van der Waals surface area contributed by atoms with Crippen LogP contribution >= 0.6 is 0 Å². The second-order valence-corrected chi connectivity index (χ2v) is 5.40. The first-order valence-electron chi connectivity index (χ1n) is 4.79. The van der Waals surface area contributed by atoms with Crippen LogP contribution in [0.4, 0.5) is 0 Å². The van der Waals surface area contributed by atoms with Crippen LogP contribution in [0.15, 0.2) is 30.3 Å². The van der Waals surface area contributed by atoms with Gasteiger partial charge in [-0.05, 0) is 18.4 Å². The Morgan fingerprint density at radius 1 is 1.29 bits per heavy atom. The van der Waals surface area contributed by atoms with E-state index in [9.17, 15) is 9.32 Å². The van der Waals surface area contributed by atoms with Crippen LogP contribution in [0.5, 0.6) is 0 Å². The van der Waals surface area contributed by atoms with Crippen LogP contribution in [0.25, 0.3) is 0 Å². The third-order valence-corrected chi connectivity index (χ3v) is 4.30. The Bertz CT molecular complexity index is 326. The molecule has 0 atom stereocenters. The van der Waals surface area contributed by atoms with Crippen molar-refractivity contribution in [2.45, 2.75) is 18.4 Å². The molecule has 1 aliphatic rings. The third-order valence-electron chi connectivity index (χ3n) is 2.58. The van der Waals surface area contributed by atoms with E-state index in [1.165, 1.54) is 5.56 Å². The molecule has 0 aromatic heterocycles. The van der Waals surface area contributed by atoms with E-state index >= 15 is 0 Å². The molecule has 3 heteroatoms. The van der Waals surface area contributed by atoms with E-state index in [0.717, 1.165) is 12.8 Å². The normalized spacial score (nSPS) is 31.1. The van der Waals surface area contributed by atoms with Crippen molar-refractivity contribution in [3.8, 4) is 0 Å². The van der Waals surface area contributed by atoms with Gasteiger partial charge in [0.25, 0.3) is 0 Å². The summed E-state index contributed by atoms with van der Waals surface area (Å²) in [6.07, 6.45) is 1.59. The summed E-state index contributed by atoms with van der Waals surface area (Å²) in [6.45, 7) is 0. The molecule has 2 nitrogen and oxygen atoms in total. The molecule has 0 aliphatic carbocycles. The molecule has 76 valence electrons. The highest BCUT2D eigenvalue weighted by Crippen LogP contribution is 2.25. The standard InChI is InChI=1S/C11H14O2S/c12-11(8-14(13)9-11)7-6-10-4-2-1-3-5-10/h1-5,12H,6-9H2. The molecule has 0 amide bonds. The second kappa shape index (κ2) is 3.83. The van der Waals surface area contributed by atoms with Crippen molar-refractivity contribution >= 4 is 10.8 Å². The van der Waals surface area contributed by atoms with Crippen molar-refractivity contribution in [3.05, 3.63) is 35.9 Å². The number of aliphatic hydroxyl groups is 1. The second-order valence-electron chi connectivity index (χ2n) is 3.94. The molecule has 1 aromatic carbocycles. The van der Waals surface area contributed by atoms with Crippen molar-refractivity contribution in [3.63, 3.8) is 0 Å². The van der Waals surface area contributed by atoms with Crippen LogP contribution in [-0.4, -0.2) is 26.4 Å². The predicted octanol–water partition coefficient (Wildman–Crippen LogP) is 1.11. The summed E-state index contributed by atoms with van der Waals surface area (Å²) in [4.78, 5) is 0. The molecule has 0 spiro atoms. The molecule has 2 rings (SSSR count). The lowest BCUT2D eigenvalue weighted by Gasteiger charge is -2.35. The quantitative estimate of drug-likeness (QED) is 0.811. The zero-order chi connectivity index (χ0) is 10.0. The SMILES string of the molecule is O=S1CC(O)(CCc2ccccc2)C1. The highest BCUT2D eigenvalue weighted by molar-refractivity contribution is 7.86. The summed E-state index contributed by atoms with van der Waals surface area (Å²) >= 11 is 0. The Balaban J connectivity index is 1.86. The fourth-order valence-electron chi connectivity index (χ4n) is 1.72. The first kappa shape index (κ1) is 9.87. The molecule has 1 aliphatic heterocycles. The maximum absolute atomic E-state index is 10.9. The van der Waals surface area contributed by atoms with Crippen molar-refractivity contribution < 1.29 is 9.32 Å². The zero-order valence-corrected chi connectivity index (χ0v) is 8.80. The maximum atomic E-state index is 10.9. The summed E-state index contributed by atoms with van der Waals surface area (Å²) < 4.78 is 10.9. The Labute approximate surface area is 86.4 Å². The molecule has 1 N–H and O–H groups in total. The number of hydrogen-bond donors (Lipinski definition) is 1. The van der Waals surface area contributed by atoms with Crippen LogP contribution in [-0.2, 0) is 17.2 Å². The van der Waals surface area contributed by atoms with E-state index in [1.807, 2.05) is 18.2 Å². The molecule has 1 saturated heterocycles. The minimum absolute atomic E-state index is 0.458. The van der Waals surface area contributed by atoms with Crippen LogP contribution in [0, 0.1) is 0 Å². The summed E-state index contributed by atoms with van der Waals surface area (Å²) in [6, 6.07) is 10.1. The lowest BCUT2D eigenvalue weighted by atomic mass is 9.98. The minimum Gasteiger partial charge on any atom is -0.388 e. The van der Waals surface area contributed by atoms with E-state index in [-0.39, 0.29) is 0 Å². The average molecular weight is 210 g/mol. The Hall–Kier alpha value is -0.670. The lowest BCUT2D eigenvalue weighted by molar-refractivity contribution is 0.0661. The van der Waals surface area contributed by atoms with Gasteiger partial charge in [0.15, 0.2) is 0 Å². The molecule has 0 bridgehead atoms. The first-order valence-corrected chi connectivity index (χ1v) is 6.28. The van der Waals surface area contributed by atoms with Crippen LogP contribution in [0.3, 0.4) is 0 Å². The molecule has 0 radical (unpaired) electrons. The Morgan fingerprint density at radius 3 is 2.50 bits per heavy atom. The average Bonchev–Trinajstić information content (AvgIpc) is 2.15. The molecule has 1 heterocycles. The first-order chi connectivity index (χ1) is 6.68. The van der Waals surface area contributed by atoms with E-state index in [0.29, 0.717) is 11.5 Å². The largest absolute Gasteiger partial charge is 0.388 e. The maximum Gasteiger partial charge on any atom is 0.0880 e. The monoisotopic (exact) mass is 210 g/mol. The highest BCUT2D eigenvalue weighted by atomic mass is 32.2. The molecular weight excluding hydrogens is 196 g/mol. The number of aryl methyl sites for hydroxylation is 1. The van der Waals surface area contributed by atoms with Gasteiger partial charge in [0, 0.05) is 10.8 Å². The molecule has 1 aromatic rings. The highest BCUT2D eigenvalue weighted by Gasteiger charge is 2.40. The predicted molar refractivity (Wildman–Crippen MR) is 57.6 cm³/mol. The van der Waals surface area contributed by atoms with Crippen LogP contribution in [0.2, 0.25) is 0 Å². The van der Waals surface area contributed by atoms with Crippen molar-refractivity contribution in [1.82, 2.24) is 0 Å². The molecular formula is C11H14O2S. The van der Waals surface area contributed by atoms with E-state index in [1.54, 1.807) is 0 Å². The summed E-state index contributed by atoms with van der Waals surface area (Å²) in [7, 11) is -0.769. The fraction of sp³-hybridized carbons (Fsp3) is 0.455. The van der Waals surface area contributed by atoms with Gasteiger partial charge in [-0.2, -0.15) is 0 Å². The Kier molecular flexibility index (Phi) is 2.70. The van der Waals surface area contributed by atoms with Gasteiger partial charge in [0.1, 0.15) is 0 Å². The number of benzene rings is 1. The van der Waals surface area contributed by atoms with Crippen molar-refractivity contribution in [1.29, 1.82) is 0 Å². The van der Waals surface area contributed by atoms with Gasteiger partial charge < -0.3 is 5.11 Å². The summed E-state index contributed by atoms with van der Waals surface area (Å²) in [5, 5.41) is 9.85. The van der Waals surface area contributed by atoms with Gasteiger partial charge in [-0.3, -0.25) is 4.21 Å². The Morgan fingerprint density at radius 2 is 1.93 bits per heavy atom. The molecule has 0 saturated carbocycles. The van der Waals surface area contributed by atoms with Gasteiger partial charge in [0.05, 0.1) is 17.1 Å². The molecule has 14 heavy (non-hydrogen) atoms. The van der Waals surface area contributed by atoms with Gasteiger partial charge in [-0.1, -0.05) is 30.3 Å². The van der Waals surface area contributed by atoms with Gasteiger partial charge in [-0.15, -0.1) is 0 Å². The van der Waals surface area contributed by atoms with E-state index < -0.39 is 16.4 Å². The lowest BCUT2D eigenvalue weighted by Crippen LogP contribution is -2.51. The smallest absolute Gasteiger partial charge is 0.0880 e. The van der Waals surface area contributed by atoms with Crippen molar-refractivity contribution in [2.24, 2.45) is 0 Å². The zero-order valence-electron chi connectivity index (χ0n) is 7.98. The molecule has 1 fully saturated rings. The summed E-state index contributed by atoms with van der Waals surface area (Å²) in [5.41, 5.74) is 0.583.